The highest BCUT2D eigenvalue weighted by molar-refractivity contribution is 5.40. The first-order valence-electron chi connectivity index (χ1n) is 4.34. The van der Waals surface area contributed by atoms with E-state index in [-0.39, 0.29) is 6.10 Å². The van der Waals surface area contributed by atoms with Crippen LogP contribution in [-0.4, -0.2) is 23.9 Å². The molecule has 0 aliphatic carbocycles. The Hall–Kier alpha value is -1.22. The highest BCUT2D eigenvalue weighted by Crippen LogP contribution is 2.31. The van der Waals surface area contributed by atoms with Crippen LogP contribution >= 0.6 is 0 Å². The van der Waals surface area contributed by atoms with Gasteiger partial charge in [0.05, 0.1) is 6.10 Å². The van der Waals surface area contributed by atoms with E-state index >= 15 is 0 Å². The number of hydrogen-bond acceptors (Lipinski definition) is 3. The van der Waals surface area contributed by atoms with Crippen molar-refractivity contribution in [1.82, 2.24) is 0 Å². The molecule has 0 aromatic heterocycles. The van der Waals surface area contributed by atoms with Gasteiger partial charge in [-0.15, -0.1) is 0 Å². The summed E-state index contributed by atoms with van der Waals surface area (Å²) in [5.41, 5.74) is 0. The van der Waals surface area contributed by atoms with Crippen LogP contribution in [0.1, 0.15) is 6.92 Å². The number of hydrogen-bond donors (Lipinski definition) is 1. The summed E-state index contributed by atoms with van der Waals surface area (Å²) in [6.45, 7) is 2.11. The number of para-hydroxylation sites is 2. The topological polar surface area (TPSA) is 38.7 Å². The standard InChI is InChI=1S/C10H12O3/c1-7(11)10-6-12-8-4-2-3-5-9(8)13-10/h2-5,7,10-11H,6H2,1H3/t7-,10-/m0/s1. The highest BCUT2D eigenvalue weighted by atomic mass is 16.6. The van der Waals surface area contributed by atoms with Crippen molar-refractivity contribution in [2.75, 3.05) is 6.61 Å². The third-order valence-corrected chi connectivity index (χ3v) is 2.07. The average Bonchev–Trinajstić information content (AvgIpc) is 2.17. The van der Waals surface area contributed by atoms with E-state index in [4.69, 9.17) is 9.47 Å². The maximum absolute atomic E-state index is 9.30. The van der Waals surface area contributed by atoms with Gasteiger partial charge in [0.25, 0.3) is 0 Å². The third-order valence-electron chi connectivity index (χ3n) is 2.07. The van der Waals surface area contributed by atoms with E-state index in [9.17, 15) is 5.11 Å². The van der Waals surface area contributed by atoms with E-state index < -0.39 is 6.10 Å². The molecular formula is C10H12O3. The van der Waals surface area contributed by atoms with E-state index in [0.29, 0.717) is 12.4 Å². The van der Waals surface area contributed by atoms with Crippen LogP contribution in [0.3, 0.4) is 0 Å². The molecule has 1 heterocycles. The van der Waals surface area contributed by atoms with Crippen LogP contribution in [0.5, 0.6) is 11.5 Å². The lowest BCUT2D eigenvalue weighted by Crippen LogP contribution is -2.37. The van der Waals surface area contributed by atoms with E-state index in [0.717, 1.165) is 5.75 Å². The quantitative estimate of drug-likeness (QED) is 0.706. The lowest BCUT2D eigenvalue weighted by molar-refractivity contribution is -0.000781. The molecule has 0 radical (unpaired) electrons. The fraction of sp³-hybridized carbons (Fsp3) is 0.400. The van der Waals surface area contributed by atoms with Gasteiger partial charge in [0.15, 0.2) is 17.6 Å². The van der Waals surface area contributed by atoms with Crippen LogP contribution in [-0.2, 0) is 0 Å². The van der Waals surface area contributed by atoms with E-state index in [1.165, 1.54) is 0 Å². The van der Waals surface area contributed by atoms with E-state index in [1.54, 1.807) is 6.92 Å². The molecule has 70 valence electrons. The van der Waals surface area contributed by atoms with Crippen molar-refractivity contribution < 1.29 is 14.6 Å². The minimum atomic E-state index is -0.506. The smallest absolute Gasteiger partial charge is 0.161 e. The van der Waals surface area contributed by atoms with Crippen molar-refractivity contribution in [3.63, 3.8) is 0 Å². The van der Waals surface area contributed by atoms with Crippen LogP contribution in [0, 0.1) is 0 Å². The van der Waals surface area contributed by atoms with Crippen molar-refractivity contribution in [2.24, 2.45) is 0 Å². The molecule has 0 bridgehead atoms. The van der Waals surface area contributed by atoms with Crippen LogP contribution in [0.15, 0.2) is 24.3 Å². The third kappa shape index (κ3) is 1.60. The van der Waals surface area contributed by atoms with Gasteiger partial charge in [-0.1, -0.05) is 12.1 Å². The molecule has 1 aromatic rings. The first-order valence-corrected chi connectivity index (χ1v) is 4.34. The van der Waals surface area contributed by atoms with E-state index in [2.05, 4.69) is 0 Å². The van der Waals surface area contributed by atoms with Gasteiger partial charge in [0, 0.05) is 0 Å². The average molecular weight is 180 g/mol. The Balaban J connectivity index is 2.20. The molecule has 1 aliphatic heterocycles. The van der Waals surface area contributed by atoms with Crippen molar-refractivity contribution in [3.05, 3.63) is 24.3 Å². The summed E-state index contributed by atoms with van der Waals surface area (Å²) in [5.74, 6) is 1.46. The van der Waals surface area contributed by atoms with Gasteiger partial charge < -0.3 is 14.6 Å². The monoisotopic (exact) mass is 180 g/mol. The minimum absolute atomic E-state index is 0.255. The van der Waals surface area contributed by atoms with Crippen LogP contribution < -0.4 is 9.47 Å². The second-order valence-electron chi connectivity index (χ2n) is 3.15. The number of benzene rings is 1. The highest BCUT2D eigenvalue weighted by Gasteiger charge is 2.24. The molecular weight excluding hydrogens is 168 g/mol. The Labute approximate surface area is 76.9 Å². The van der Waals surface area contributed by atoms with Gasteiger partial charge in [0.1, 0.15) is 6.61 Å². The Morgan fingerprint density at radius 1 is 1.38 bits per heavy atom. The maximum atomic E-state index is 9.30. The Kier molecular flexibility index (Phi) is 2.10. The number of aliphatic hydroxyl groups is 1. The number of fused-ring (bicyclic) bond motifs is 1. The zero-order valence-electron chi connectivity index (χ0n) is 7.43. The second kappa shape index (κ2) is 3.26. The first-order chi connectivity index (χ1) is 6.27. The molecule has 2 rings (SSSR count). The Bertz CT molecular complexity index is 296. The summed E-state index contributed by atoms with van der Waals surface area (Å²) < 4.78 is 10.9. The van der Waals surface area contributed by atoms with Gasteiger partial charge in [-0.25, -0.2) is 0 Å². The Morgan fingerprint density at radius 3 is 2.77 bits per heavy atom. The summed E-state index contributed by atoms with van der Waals surface area (Å²) in [7, 11) is 0. The summed E-state index contributed by atoms with van der Waals surface area (Å²) in [6, 6.07) is 7.47. The molecule has 13 heavy (non-hydrogen) atoms. The Morgan fingerprint density at radius 2 is 2.08 bits per heavy atom. The zero-order valence-corrected chi connectivity index (χ0v) is 7.43. The van der Waals surface area contributed by atoms with Crippen molar-refractivity contribution >= 4 is 0 Å². The predicted octanol–water partition coefficient (Wildman–Crippen LogP) is 1.21. The molecule has 1 N–H and O–H groups in total. The van der Waals surface area contributed by atoms with Crippen molar-refractivity contribution in [3.8, 4) is 11.5 Å². The fourth-order valence-electron chi connectivity index (χ4n) is 1.27. The predicted molar refractivity (Wildman–Crippen MR) is 48.0 cm³/mol. The number of aliphatic hydroxyl groups excluding tert-OH is 1. The summed E-state index contributed by atoms with van der Waals surface area (Å²) in [4.78, 5) is 0. The minimum Gasteiger partial charge on any atom is -0.486 e. The molecule has 0 fully saturated rings. The van der Waals surface area contributed by atoms with Crippen LogP contribution in [0.25, 0.3) is 0 Å². The van der Waals surface area contributed by atoms with Gasteiger partial charge in [0.2, 0.25) is 0 Å². The normalized spacial score (nSPS) is 22.5. The first kappa shape index (κ1) is 8.38. The molecule has 0 saturated carbocycles. The molecule has 0 spiro atoms. The SMILES string of the molecule is C[C@H](O)[C@@H]1COc2ccccc2O1. The zero-order chi connectivity index (χ0) is 9.26. The van der Waals surface area contributed by atoms with E-state index in [1.807, 2.05) is 24.3 Å². The fourth-order valence-corrected chi connectivity index (χ4v) is 1.27. The molecule has 1 aromatic carbocycles. The second-order valence-corrected chi connectivity index (χ2v) is 3.15. The summed E-state index contributed by atoms with van der Waals surface area (Å²) in [6.07, 6.45) is -0.761. The number of ether oxygens (including phenoxy) is 2. The molecule has 0 saturated heterocycles. The van der Waals surface area contributed by atoms with Crippen LogP contribution in [0.4, 0.5) is 0 Å². The molecule has 0 amide bonds. The maximum Gasteiger partial charge on any atom is 0.161 e. The van der Waals surface area contributed by atoms with Gasteiger partial charge in [-0.3, -0.25) is 0 Å². The molecule has 3 heteroatoms. The van der Waals surface area contributed by atoms with Gasteiger partial charge in [-0.2, -0.15) is 0 Å². The largest absolute Gasteiger partial charge is 0.486 e. The summed E-state index contributed by atoms with van der Waals surface area (Å²) >= 11 is 0. The summed E-state index contributed by atoms with van der Waals surface area (Å²) in [5, 5.41) is 9.30. The molecule has 2 atom stereocenters. The molecule has 1 aliphatic rings. The lowest BCUT2D eigenvalue weighted by Gasteiger charge is -2.27. The van der Waals surface area contributed by atoms with Crippen molar-refractivity contribution in [1.29, 1.82) is 0 Å². The van der Waals surface area contributed by atoms with Gasteiger partial charge >= 0.3 is 0 Å². The van der Waals surface area contributed by atoms with Crippen LogP contribution in [0.2, 0.25) is 0 Å². The number of rotatable bonds is 1. The molecule has 0 unspecified atom stereocenters. The lowest BCUT2D eigenvalue weighted by atomic mass is 10.2. The molecule has 3 nitrogen and oxygen atoms in total. The van der Waals surface area contributed by atoms with Crippen molar-refractivity contribution in [2.45, 2.75) is 19.1 Å². The van der Waals surface area contributed by atoms with Gasteiger partial charge in [-0.05, 0) is 19.1 Å².